The lowest BCUT2D eigenvalue weighted by molar-refractivity contribution is -0.242. The number of carboxylic acid groups (broad SMARTS) is 1. The molecule has 3 atom stereocenters. The number of carbonyl (C=O) groups excluding carboxylic acids is 2. The molecule has 2 aromatic rings. The van der Waals surface area contributed by atoms with E-state index in [9.17, 15) is 34.8 Å². The second-order valence-electron chi connectivity index (χ2n) is 8.72. The fourth-order valence-corrected chi connectivity index (χ4v) is 5.06. The zero-order valence-corrected chi connectivity index (χ0v) is 18.3. The molecular weight excluding hydrogens is 444 g/mol. The third-order valence-corrected chi connectivity index (χ3v) is 6.53. The standard InChI is InChI=1S/C24H26N2O8/c27-15-11-16-20(17(28)12-15)23(33,13-14-5-2-1-3-6-14)24(34)9-8-18(29)26(24)21(16)22(32)25-10-4-7-19(30)31/h1-3,5-6,11-12,21,27-28,33-34H,4,7-10,13H2,(H,25,32)(H,30,31)/t21-,23+,24-/m0/s1. The number of phenolic OH excluding ortho intramolecular Hbond substituents is 2. The normalized spacial score (nSPS) is 25.5. The highest BCUT2D eigenvalue weighted by Crippen LogP contribution is 2.57. The van der Waals surface area contributed by atoms with Gasteiger partial charge in [0, 0.05) is 43.9 Å². The van der Waals surface area contributed by atoms with Crippen LogP contribution in [-0.2, 0) is 26.4 Å². The van der Waals surface area contributed by atoms with E-state index in [2.05, 4.69) is 5.32 Å². The van der Waals surface area contributed by atoms with E-state index < -0.39 is 40.9 Å². The first kappa shape index (κ1) is 23.5. The number of aromatic hydroxyl groups is 2. The zero-order valence-electron chi connectivity index (χ0n) is 18.3. The van der Waals surface area contributed by atoms with Gasteiger partial charge in [0.15, 0.2) is 5.72 Å². The fourth-order valence-electron chi connectivity index (χ4n) is 5.06. The van der Waals surface area contributed by atoms with Crippen LogP contribution in [-0.4, -0.2) is 60.5 Å². The molecule has 2 aliphatic heterocycles. The van der Waals surface area contributed by atoms with Crippen molar-refractivity contribution in [3.8, 4) is 11.5 Å². The number of fused-ring (bicyclic) bond motifs is 2. The van der Waals surface area contributed by atoms with E-state index in [1.807, 2.05) is 0 Å². The maximum absolute atomic E-state index is 13.2. The number of hydrogen-bond acceptors (Lipinski definition) is 7. The molecule has 10 heteroatoms. The van der Waals surface area contributed by atoms with E-state index in [1.165, 1.54) is 6.07 Å². The van der Waals surface area contributed by atoms with Gasteiger partial charge in [0.05, 0.1) is 0 Å². The van der Waals surface area contributed by atoms with Gasteiger partial charge in [-0.2, -0.15) is 0 Å². The highest BCUT2D eigenvalue weighted by atomic mass is 16.4. The number of phenols is 2. The summed E-state index contributed by atoms with van der Waals surface area (Å²) >= 11 is 0. The van der Waals surface area contributed by atoms with Crippen LogP contribution in [0.5, 0.6) is 11.5 Å². The first-order valence-corrected chi connectivity index (χ1v) is 10.9. The van der Waals surface area contributed by atoms with Crippen molar-refractivity contribution in [3.63, 3.8) is 0 Å². The van der Waals surface area contributed by atoms with Crippen LogP contribution >= 0.6 is 0 Å². The molecule has 180 valence electrons. The molecule has 0 aliphatic carbocycles. The first-order valence-electron chi connectivity index (χ1n) is 10.9. The molecule has 0 aromatic heterocycles. The SMILES string of the molecule is O=C(O)CCCNC(=O)[C@@H]1c2cc(O)cc(O)c2[C@](O)(Cc2ccccc2)[C@@]2(O)CCC(=O)N12. The van der Waals surface area contributed by atoms with E-state index in [0.717, 1.165) is 11.0 Å². The summed E-state index contributed by atoms with van der Waals surface area (Å²) in [6.45, 7) is -0.00347. The van der Waals surface area contributed by atoms with Gasteiger partial charge in [0.1, 0.15) is 23.1 Å². The van der Waals surface area contributed by atoms with Crippen molar-refractivity contribution in [3.05, 3.63) is 59.2 Å². The van der Waals surface area contributed by atoms with Crippen LogP contribution < -0.4 is 5.32 Å². The Hall–Kier alpha value is -3.63. The van der Waals surface area contributed by atoms with E-state index >= 15 is 0 Å². The zero-order chi connectivity index (χ0) is 24.7. The smallest absolute Gasteiger partial charge is 0.303 e. The Morgan fingerprint density at radius 2 is 1.82 bits per heavy atom. The van der Waals surface area contributed by atoms with Gasteiger partial charge in [0.2, 0.25) is 11.8 Å². The van der Waals surface area contributed by atoms with E-state index in [4.69, 9.17) is 5.11 Å². The lowest BCUT2D eigenvalue weighted by atomic mass is 9.70. The average molecular weight is 470 g/mol. The van der Waals surface area contributed by atoms with Crippen molar-refractivity contribution < 1.29 is 39.9 Å². The van der Waals surface area contributed by atoms with Crippen LogP contribution in [0, 0.1) is 0 Å². The molecule has 10 nitrogen and oxygen atoms in total. The second-order valence-corrected chi connectivity index (χ2v) is 8.72. The van der Waals surface area contributed by atoms with Crippen LogP contribution in [0.1, 0.15) is 48.4 Å². The maximum Gasteiger partial charge on any atom is 0.303 e. The van der Waals surface area contributed by atoms with Gasteiger partial charge < -0.3 is 30.8 Å². The molecule has 2 heterocycles. The molecule has 0 bridgehead atoms. The summed E-state index contributed by atoms with van der Waals surface area (Å²) < 4.78 is 0. The molecule has 0 saturated carbocycles. The number of rotatable bonds is 7. The number of nitrogens with zero attached hydrogens (tertiary/aromatic N) is 1. The monoisotopic (exact) mass is 470 g/mol. The van der Waals surface area contributed by atoms with Crippen LogP contribution in [0.2, 0.25) is 0 Å². The third-order valence-electron chi connectivity index (χ3n) is 6.53. The van der Waals surface area contributed by atoms with Crippen molar-refractivity contribution in [2.24, 2.45) is 0 Å². The van der Waals surface area contributed by atoms with Crippen molar-refractivity contribution in [1.29, 1.82) is 0 Å². The topological polar surface area (TPSA) is 168 Å². The molecule has 0 radical (unpaired) electrons. The molecule has 2 aromatic carbocycles. The molecule has 2 aliphatic rings. The second kappa shape index (κ2) is 8.62. The molecule has 1 fully saturated rings. The van der Waals surface area contributed by atoms with E-state index in [1.54, 1.807) is 30.3 Å². The van der Waals surface area contributed by atoms with Crippen molar-refractivity contribution in [2.45, 2.75) is 49.5 Å². The van der Waals surface area contributed by atoms with Gasteiger partial charge >= 0.3 is 5.97 Å². The molecule has 6 N–H and O–H groups in total. The average Bonchev–Trinajstić information content (AvgIpc) is 3.08. The van der Waals surface area contributed by atoms with Crippen molar-refractivity contribution in [2.75, 3.05) is 6.54 Å². The van der Waals surface area contributed by atoms with Crippen LogP contribution in [0.15, 0.2) is 42.5 Å². The number of carbonyl (C=O) groups is 3. The summed E-state index contributed by atoms with van der Waals surface area (Å²) in [5.74, 6) is -3.24. The minimum atomic E-state index is -2.22. The number of nitrogens with one attached hydrogen (secondary N) is 1. The fraction of sp³-hybridized carbons (Fsp3) is 0.375. The molecule has 34 heavy (non-hydrogen) atoms. The highest BCUT2D eigenvalue weighted by Gasteiger charge is 2.66. The largest absolute Gasteiger partial charge is 0.508 e. The Morgan fingerprint density at radius 1 is 1.12 bits per heavy atom. The number of aliphatic carboxylic acids is 1. The summed E-state index contributed by atoms with van der Waals surface area (Å²) in [4.78, 5) is 37.8. The van der Waals surface area contributed by atoms with Gasteiger partial charge in [-0.1, -0.05) is 30.3 Å². The van der Waals surface area contributed by atoms with Gasteiger partial charge in [0.25, 0.3) is 0 Å². The predicted molar refractivity (Wildman–Crippen MR) is 117 cm³/mol. The maximum atomic E-state index is 13.2. The minimum Gasteiger partial charge on any atom is -0.508 e. The summed E-state index contributed by atoms with van der Waals surface area (Å²) in [6, 6.07) is 9.45. The number of hydrogen-bond donors (Lipinski definition) is 6. The summed E-state index contributed by atoms with van der Waals surface area (Å²) in [6.07, 6.45) is -0.532. The summed E-state index contributed by atoms with van der Waals surface area (Å²) in [5.41, 5.74) is -3.95. The van der Waals surface area contributed by atoms with E-state index in [-0.39, 0.29) is 55.5 Å². The van der Waals surface area contributed by atoms with Gasteiger partial charge in [-0.25, -0.2) is 0 Å². The Labute approximate surface area is 195 Å². The van der Waals surface area contributed by atoms with Crippen molar-refractivity contribution >= 4 is 17.8 Å². The Kier molecular flexibility index (Phi) is 5.96. The van der Waals surface area contributed by atoms with E-state index in [0.29, 0.717) is 5.56 Å². The Balaban J connectivity index is 1.84. The molecule has 1 saturated heterocycles. The summed E-state index contributed by atoms with van der Waals surface area (Å²) in [7, 11) is 0. The Bertz CT molecular complexity index is 1140. The molecule has 2 amide bonds. The highest BCUT2D eigenvalue weighted by molar-refractivity contribution is 5.92. The first-order chi connectivity index (χ1) is 16.1. The number of aliphatic hydroxyl groups is 2. The lowest BCUT2D eigenvalue weighted by Gasteiger charge is -2.53. The predicted octanol–water partition coefficient (Wildman–Crippen LogP) is 0.875. The molecular formula is C24H26N2O8. The van der Waals surface area contributed by atoms with Gasteiger partial charge in [-0.3, -0.25) is 19.3 Å². The number of benzene rings is 2. The quantitative estimate of drug-likeness (QED) is 0.324. The molecule has 4 rings (SSSR count). The van der Waals surface area contributed by atoms with Crippen LogP contribution in [0.4, 0.5) is 0 Å². The molecule has 0 unspecified atom stereocenters. The number of amides is 2. The lowest BCUT2D eigenvalue weighted by Crippen LogP contribution is -2.67. The summed E-state index contributed by atoms with van der Waals surface area (Å²) in [5, 5.41) is 56.1. The van der Waals surface area contributed by atoms with Crippen LogP contribution in [0.25, 0.3) is 0 Å². The van der Waals surface area contributed by atoms with Crippen LogP contribution in [0.3, 0.4) is 0 Å². The Morgan fingerprint density at radius 3 is 2.50 bits per heavy atom. The van der Waals surface area contributed by atoms with Gasteiger partial charge in [-0.15, -0.1) is 0 Å². The molecule has 0 spiro atoms. The minimum absolute atomic E-state index is 0.00347. The van der Waals surface area contributed by atoms with Gasteiger partial charge in [-0.05, 0) is 23.6 Å². The van der Waals surface area contributed by atoms with Crippen molar-refractivity contribution in [1.82, 2.24) is 10.2 Å². The third kappa shape index (κ3) is 3.74. The number of carboxylic acids is 1.